The van der Waals surface area contributed by atoms with Crippen LogP contribution in [-0.4, -0.2) is 6.54 Å². The maximum absolute atomic E-state index is 3.50. The van der Waals surface area contributed by atoms with E-state index in [1.165, 1.54) is 14.4 Å². The molecule has 1 nitrogen and oxygen atoms in total. The molecule has 0 atom stereocenters. The quantitative estimate of drug-likeness (QED) is 0.801. The Morgan fingerprint density at radius 2 is 1.88 bits per heavy atom. The molecule has 0 spiro atoms. The Labute approximate surface area is 109 Å². The van der Waals surface area contributed by atoms with E-state index in [9.17, 15) is 0 Å². The second-order valence-electron chi connectivity index (χ2n) is 3.56. The number of para-hydroxylation sites is 1. The van der Waals surface area contributed by atoms with Gasteiger partial charge in [-0.05, 0) is 47.1 Å². The van der Waals surface area contributed by atoms with Crippen LogP contribution < -0.4 is 4.90 Å². The number of anilines is 1. The van der Waals surface area contributed by atoms with Crippen LogP contribution in [0.1, 0.15) is 11.8 Å². The summed E-state index contributed by atoms with van der Waals surface area (Å²) in [6.45, 7) is 4.20. The Balaban J connectivity index is 2.12. The van der Waals surface area contributed by atoms with E-state index in [0.717, 1.165) is 13.1 Å². The van der Waals surface area contributed by atoms with Gasteiger partial charge < -0.3 is 4.90 Å². The third kappa shape index (κ3) is 2.86. The molecule has 0 radical (unpaired) electrons. The van der Waals surface area contributed by atoms with Gasteiger partial charge in [-0.1, -0.05) is 18.2 Å². The van der Waals surface area contributed by atoms with Crippen LogP contribution in [0.15, 0.2) is 46.3 Å². The van der Waals surface area contributed by atoms with Gasteiger partial charge in [-0.2, -0.15) is 0 Å². The largest absolute Gasteiger partial charge is 0.367 e. The summed E-state index contributed by atoms with van der Waals surface area (Å²) in [6, 6.07) is 14.8. The van der Waals surface area contributed by atoms with Crippen molar-refractivity contribution < 1.29 is 0 Å². The topological polar surface area (TPSA) is 3.24 Å². The number of nitrogens with zero attached hydrogens (tertiary/aromatic N) is 1. The van der Waals surface area contributed by atoms with E-state index in [0.29, 0.717) is 0 Å². The van der Waals surface area contributed by atoms with E-state index in [1.54, 1.807) is 11.3 Å². The predicted molar refractivity (Wildman–Crippen MR) is 75.2 cm³/mol. The van der Waals surface area contributed by atoms with Gasteiger partial charge >= 0.3 is 0 Å². The maximum Gasteiger partial charge on any atom is 0.0702 e. The third-order valence-corrected chi connectivity index (χ3v) is 4.09. The van der Waals surface area contributed by atoms with E-state index in [4.69, 9.17) is 0 Å². The first-order valence-electron chi connectivity index (χ1n) is 5.34. The summed E-state index contributed by atoms with van der Waals surface area (Å²) >= 11 is 5.30. The average molecular weight is 296 g/mol. The van der Waals surface area contributed by atoms with Crippen LogP contribution in [0.5, 0.6) is 0 Å². The lowest BCUT2D eigenvalue weighted by atomic mass is 10.3. The van der Waals surface area contributed by atoms with Crippen molar-refractivity contribution >= 4 is 33.0 Å². The number of hydrogen-bond acceptors (Lipinski definition) is 2. The third-order valence-electron chi connectivity index (χ3n) is 2.48. The Morgan fingerprint density at radius 1 is 1.12 bits per heavy atom. The molecule has 0 aliphatic carbocycles. The molecule has 0 saturated heterocycles. The van der Waals surface area contributed by atoms with E-state index < -0.39 is 0 Å². The van der Waals surface area contributed by atoms with Crippen molar-refractivity contribution in [3.63, 3.8) is 0 Å². The number of benzene rings is 1. The van der Waals surface area contributed by atoms with Crippen LogP contribution >= 0.6 is 27.3 Å². The molecule has 1 heterocycles. The fourth-order valence-corrected chi connectivity index (χ4v) is 3.15. The summed E-state index contributed by atoms with van der Waals surface area (Å²) in [5.74, 6) is 0. The molecule has 2 rings (SSSR count). The monoisotopic (exact) mass is 295 g/mol. The Bertz CT molecular complexity index is 438. The second-order valence-corrected chi connectivity index (χ2v) is 6.10. The first kappa shape index (κ1) is 11.7. The highest BCUT2D eigenvalue weighted by atomic mass is 79.9. The molecule has 1 aromatic carbocycles. The van der Waals surface area contributed by atoms with E-state index in [1.807, 2.05) is 0 Å². The van der Waals surface area contributed by atoms with Crippen LogP contribution in [0.3, 0.4) is 0 Å². The zero-order valence-electron chi connectivity index (χ0n) is 9.19. The first-order valence-corrected chi connectivity index (χ1v) is 6.94. The zero-order valence-corrected chi connectivity index (χ0v) is 11.6. The van der Waals surface area contributed by atoms with Gasteiger partial charge in [-0.3, -0.25) is 0 Å². The lowest BCUT2D eigenvalue weighted by Gasteiger charge is -2.22. The van der Waals surface area contributed by atoms with Crippen molar-refractivity contribution in [1.29, 1.82) is 0 Å². The fraction of sp³-hybridized carbons (Fsp3) is 0.231. The fourth-order valence-electron chi connectivity index (χ4n) is 1.65. The van der Waals surface area contributed by atoms with E-state index in [-0.39, 0.29) is 0 Å². The Kier molecular flexibility index (Phi) is 4.02. The van der Waals surface area contributed by atoms with Gasteiger partial charge in [-0.25, -0.2) is 0 Å². The van der Waals surface area contributed by atoms with Gasteiger partial charge in [0.25, 0.3) is 0 Å². The van der Waals surface area contributed by atoms with Crippen molar-refractivity contribution in [2.75, 3.05) is 11.4 Å². The molecule has 0 aliphatic rings. The van der Waals surface area contributed by atoms with Gasteiger partial charge in [-0.15, -0.1) is 11.3 Å². The summed E-state index contributed by atoms with van der Waals surface area (Å²) in [4.78, 5) is 3.76. The average Bonchev–Trinajstić information content (AvgIpc) is 2.73. The van der Waals surface area contributed by atoms with E-state index >= 15 is 0 Å². The van der Waals surface area contributed by atoms with Gasteiger partial charge in [0.1, 0.15) is 0 Å². The van der Waals surface area contributed by atoms with Crippen LogP contribution in [0, 0.1) is 0 Å². The van der Waals surface area contributed by atoms with Crippen LogP contribution in [0.4, 0.5) is 5.69 Å². The van der Waals surface area contributed by atoms with Crippen molar-refractivity contribution in [1.82, 2.24) is 0 Å². The lowest BCUT2D eigenvalue weighted by molar-refractivity contribution is 0.842. The molecule has 0 aliphatic heterocycles. The highest BCUT2D eigenvalue weighted by molar-refractivity contribution is 9.11. The molecule has 2 aromatic rings. The van der Waals surface area contributed by atoms with Gasteiger partial charge in [0, 0.05) is 17.1 Å². The molecule has 84 valence electrons. The lowest BCUT2D eigenvalue weighted by Crippen LogP contribution is -2.21. The summed E-state index contributed by atoms with van der Waals surface area (Å²) < 4.78 is 1.20. The van der Waals surface area contributed by atoms with Gasteiger partial charge in [0.15, 0.2) is 0 Å². The highest BCUT2D eigenvalue weighted by Gasteiger charge is 2.06. The maximum atomic E-state index is 3.50. The van der Waals surface area contributed by atoms with Gasteiger partial charge in [0.05, 0.1) is 10.3 Å². The minimum atomic E-state index is 0.983. The molecule has 0 bridgehead atoms. The van der Waals surface area contributed by atoms with Crippen LogP contribution in [0.2, 0.25) is 0 Å². The highest BCUT2D eigenvalue weighted by Crippen LogP contribution is 2.25. The molecule has 0 unspecified atom stereocenters. The summed E-state index contributed by atoms with van der Waals surface area (Å²) in [5, 5.41) is 0. The Morgan fingerprint density at radius 3 is 2.44 bits per heavy atom. The molecular formula is C13H14BrNS. The zero-order chi connectivity index (χ0) is 11.4. The normalized spacial score (nSPS) is 10.4. The standard InChI is InChI=1S/C13H14BrNS/c1-2-15(11-6-4-3-5-7-11)10-12-8-9-13(14)16-12/h3-9H,2,10H2,1H3. The molecule has 16 heavy (non-hydrogen) atoms. The predicted octanol–water partition coefficient (Wildman–Crippen LogP) is 4.54. The molecule has 0 amide bonds. The van der Waals surface area contributed by atoms with Crippen LogP contribution in [0.25, 0.3) is 0 Å². The number of thiophene rings is 1. The molecule has 0 saturated carbocycles. The summed E-state index contributed by atoms with van der Waals surface area (Å²) in [6.07, 6.45) is 0. The van der Waals surface area contributed by atoms with Crippen molar-refractivity contribution in [3.05, 3.63) is 51.1 Å². The number of rotatable bonds is 4. The SMILES string of the molecule is CCN(Cc1ccc(Br)s1)c1ccccc1. The summed E-state index contributed by atoms with van der Waals surface area (Å²) in [5.41, 5.74) is 1.29. The second kappa shape index (κ2) is 5.51. The smallest absolute Gasteiger partial charge is 0.0702 e. The molecule has 3 heteroatoms. The molecule has 0 fully saturated rings. The number of hydrogen-bond donors (Lipinski definition) is 0. The molecule has 1 aromatic heterocycles. The summed E-state index contributed by atoms with van der Waals surface area (Å²) in [7, 11) is 0. The van der Waals surface area contributed by atoms with Crippen molar-refractivity contribution in [2.45, 2.75) is 13.5 Å². The van der Waals surface area contributed by atoms with Crippen LogP contribution in [-0.2, 0) is 6.54 Å². The molecule has 0 N–H and O–H groups in total. The molecular weight excluding hydrogens is 282 g/mol. The minimum absolute atomic E-state index is 0.983. The van der Waals surface area contributed by atoms with E-state index in [2.05, 4.69) is 70.2 Å². The minimum Gasteiger partial charge on any atom is -0.367 e. The van der Waals surface area contributed by atoms with Crippen molar-refractivity contribution in [2.24, 2.45) is 0 Å². The van der Waals surface area contributed by atoms with Crippen molar-refractivity contribution in [3.8, 4) is 0 Å². The van der Waals surface area contributed by atoms with Gasteiger partial charge in [0.2, 0.25) is 0 Å². The number of halogens is 1. The Hall–Kier alpha value is -0.800. The first-order chi connectivity index (χ1) is 7.79.